The molecule has 96 valence electrons. The third-order valence-electron chi connectivity index (χ3n) is 3.29. The Morgan fingerprint density at radius 1 is 1.21 bits per heavy atom. The van der Waals surface area contributed by atoms with Crippen LogP contribution >= 0.6 is 0 Å². The van der Waals surface area contributed by atoms with Crippen LogP contribution in [-0.4, -0.2) is 27.8 Å². The van der Waals surface area contributed by atoms with Gasteiger partial charge in [-0.15, -0.1) is 4.58 Å². The second-order valence-electron chi connectivity index (χ2n) is 4.56. The molecule has 0 saturated heterocycles. The Balaban J connectivity index is 1.91. The van der Waals surface area contributed by atoms with Crippen molar-refractivity contribution in [3.8, 4) is 0 Å². The molecule has 2 unspecified atom stereocenters. The van der Waals surface area contributed by atoms with E-state index in [9.17, 15) is 9.90 Å². The summed E-state index contributed by atoms with van der Waals surface area (Å²) in [6.45, 7) is 0. The Morgan fingerprint density at radius 2 is 2.00 bits per heavy atom. The summed E-state index contributed by atoms with van der Waals surface area (Å²) in [6, 6.07) is 9.59. The van der Waals surface area contributed by atoms with Crippen molar-refractivity contribution < 1.29 is 19.2 Å². The number of allylic oxidation sites excluding steroid dienone is 2. The SMILES string of the molecule is O=C1OC2C=CC=C[N+]2=C(O)C1Cc1ccccc1. The summed E-state index contributed by atoms with van der Waals surface area (Å²) >= 11 is 0. The highest BCUT2D eigenvalue weighted by atomic mass is 16.6. The van der Waals surface area contributed by atoms with Crippen LogP contribution in [0.2, 0.25) is 0 Å². The number of esters is 1. The lowest BCUT2D eigenvalue weighted by Crippen LogP contribution is -2.45. The highest BCUT2D eigenvalue weighted by molar-refractivity contribution is 5.96. The van der Waals surface area contributed by atoms with Crippen LogP contribution in [-0.2, 0) is 16.0 Å². The predicted molar refractivity (Wildman–Crippen MR) is 69.7 cm³/mol. The highest BCUT2D eigenvalue weighted by Crippen LogP contribution is 2.20. The standard InChI is InChI=1S/C15H13NO3/c17-14-12(10-11-6-2-1-3-7-11)15(18)19-13-8-4-5-9-16(13)14/h1-9,12-13H,10H2/p+1. The van der Waals surface area contributed by atoms with Crippen LogP contribution in [0.3, 0.4) is 0 Å². The van der Waals surface area contributed by atoms with Gasteiger partial charge in [0.1, 0.15) is 0 Å². The molecule has 1 aromatic rings. The van der Waals surface area contributed by atoms with Gasteiger partial charge in [-0.2, -0.15) is 0 Å². The Kier molecular flexibility index (Phi) is 2.91. The fourth-order valence-corrected chi connectivity index (χ4v) is 2.29. The summed E-state index contributed by atoms with van der Waals surface area (Å²) in [5.74, 6) is -0.983. The predicted octanol–water partition coefficient (Wildman–Crippen LogP) is 1.78. The van der Waals surface area contributed by atoms with E-state index < -0.39 is 12.1 Å². The van der Waals surface area contributed by atoms with Crippen LogP contribution in [0.25, 0.3) is 0 Å². The average Bonchev–Trinajstić information content (AvgIpc) is 2.45. The minimum absolute atomic E-state index is 0.0469. The van der Waals surface area contributed by atoms with Crippen LogP contribution in [0, 0.1) is 5.92 Å². The summed E-state index contributed by atoms with van der Waals surface area (Å²) in [5.41, 5.74) is 0.992. The molecule has 0 saturated carbocycles. The minimum atomic E-state index is -0.644. The van der Waals surface area contributed by atoms with Crippen LogP contribution < -0.4 is 0 Å². The van der Waals surface area contributed by atoms with Gasteiger partial charge in [-0.25, -0.2) is 0 Å². The zero-order valence-corrected chi connectivity index (χ0v) is 10.3. The van der Waals surface area contributed by atoms with Crippen molar-refractivity contribution in [2.75, 3.05) is 0 Å². The summed E-state index contributed by atoms with van der Waals surface area (Å²) < 4.78 is 6.89. The van der Waals surface area contributed by atoms with Crippen molar-refractivity contribution in [2.45, 2.75) is 12.6 Å². The lowest BCUT2D eigenvalue weighted by Gasteiger charge is -2.23. The first-order chi connectivity index (χ1) is 9.25. The number of nitrogens with zero attached hydrogens (tertiary/aromatic N) is 1. The Bertz CT molecular complexity index is 587. The molecule has 0 bridgehead atoms. The molecule has 19 heavy (non-hydrogen) atoms. The number of rotatable bonds is 2. The molecule has 1 aromatic carbocycles. The molecular weight excluding hydrogens is 242 g/mol. The number of aliphatic hydroxyl groups is 1. The monoisotopic (exact) mass is 256 g/mol. The van der Waals surface area contributed by atoms with E-state index in [-0.39, 0.29) is 11.9 Å². The molecule has 1 N–H and O–H groups in total. The van der Waals surface area contributed by atoms with Gasteiger partial charge in [0, 0.05) is 12.2 Å². The van der Waals surface area contributed by atoms with Gasteiger partial charge in [0.25, 0.3) is 0 Å². The van der Waals surface area contributed by atoms with E-state index in [1.807, 2.05) is 30.3 Å². The molecule has 2 aliphatic rings. The Hall–Kier alpha value is -2.36. The fourth-order valence-electron chi connectivity index (χ4n) is 2.29. The maximum Gasteiger partial charge on any atom is 0.357 e. The maximum absolute atomic E-state index is 12.0. The van der Waals surface area contributed by atoms with E-state index in [4.69, 9.17) is 4.74 Å². The quantitative estimate of drug-likeness (QED) is 0.648. The van der Waals surface area contributed by atoms with Gasteiger partial charge in [0.15, 0.2) is 12.1 Å². The lowest BCUT2D eigenvalue weighted by molar-refractivity contribution is -0.549. The molecular formula is C15H14NO3+. The van der Waals surface area contributed by atoms with Crippen molar-refractivity contribution in [2.24, 2.45) is 5.92 Å². The second kappa shape index (κ2) is 4.72. The summed E-state index contributed by atoms with van der Waals surface area (Å²) in [6.07, 6.45) is 6.94. The number of ether oxygens (including phenoxy) is 1. The molecule has 0 fully saturated rings. The Morgan fingerprint density at radius 3 is 2.79 bits per heavy atom. The zero-order chi connectivity index (χ0) is 13.2. The van der Waals surface area contributed by atoms with Crippen LogP contribution in [0.5, 0.6) is 0 Å². The number of carbonyl (C=O) groups excluding carboxylic acids is 1. The smallest absolute Gasteiger partial charge is 0.357 e. The first kappa shape index (κ1) is 11.7. The molecule has 3 rings (SSSR count). The van der Waals surface area contributed by atoms with Gasteiger partial charge in [0.2, 0.25) is 0 Å². The lowest BCUT2D eigenvalue weighted by atomic mass is 9.98. The van der Waals surface area contributed by atoms with E-state index in [2.05, 4.69) is 0 Å². The molecule has 0 aromatic heterocycles. The molecule has 0 aliphatic carbocycles. The first-order valence-electron chi connectivity index (χ1n) is 6.19. The molecule has 0 amide bonds. The van der Waals surface area contributed by atoms with Crippen molar-refractivity contribution in [3.05, 3.63) is 60.3 Å². The van der Waals surface area contributed by atoms with E-state index in [0.717, 1.165) is 5.56 Å². The summed E-state index contributed by atoms with van der Waals surface area (Å²) in [4.78, 5) is 12.0. The van der Waals surface area contributed by atoms with E-state index in [0.29, 0.717) is 6.42 Å². The van der Waals surface area contributed by atoms with Crippen LogP contribution in [0.4, 0.5) is 0 Å². The molecule has 4 nitrogen and oxygen atoms in total. The van der Waals surface area contributed by atoms with Gasteiger partial charge in [-0.1, -0.05) is 30.3 Å². The second-order valence-corrected chi connectivity index (χ2v) is 4.56. The van der Waals surface area contributed by atoms with Crippen molar-refractivity contribution >= 4 is 11.9 Å². The van der Waals surface area contributed by atoms with Crippen molar-refractivity contribution in [1.82, 2.24) is 0 Å². The van der Waals surface area contributed by atoms with Gasteiger partial charge in [0.05, 0.1) is 0 Å². The van der Waals surface area contributed by atoms with Crippen LogP contribution in [0.15, 0.2) is 54.8 Å². The average molecular weight is 256 g/mol. The molecule has 2 aliphatic heterocycles. The summed E-state index contributed by atoms with van der Waals surface area (Å²) in [5, 5.41) is 10.3. The number of hydrogen-bond donors (Lipinski definition) is 1. The first-order valence-corrected chi connectivity index (χ1v) is 6.19. The van der Waals surface area contributed by atoms with E-state index in [1.54, 1.807) is 29.0 Å². The summed E-state index contributed by atoms with van der Waals surface area (Å²) in [7, 11) is 0. The number of carbonyl (C=O) groups is 1. The topological polar surface area (TPSA) is 49.5 Å². The molecule has 2 atom stereocenters. The Labute approximate surface area is 110 Å². The third-order valence-corrected chi connectivity index (χ3v) is 3.29. The number of fused-ring (bicyclic) bond motifs is 1. The largest absolute Gasteiger partial charge is 0.462 e. The number of hydrogen-bond acceptors (Lipinski definition) is 2. The van der Waals surface area contributed by atoms with E-state index in [1.165, 1.54) is 0 Å². The van der Waals surface area contributed by atoms with Gasteiger partial charge in [-0.3, -0.25) is 4.79 Å². The van der Waals surface area contributed by atoms with Crippen molar-refractivity contribution in [3.63, 3.8) is 0 Å². The normalized spacial score (nSPS) is 25.2. The molecule has 0 radical (unpaired) electrons. The maximum atomic E-state index is 12.0. The molecule has 2 heterocycles. The zero-order valence-electron chi connectivity index (χ0n) is 10.3. The van der Waals surface area contributed by atoms with Gasteiger partial charge >= 0.3 is 18.1 Å². The van der Waals surface area contributed by atoms with Gasteiger partial charge in [-0.05, 0) is 18.1 Å². The third kappa shape index (κ3) is 2.17. The van der Waals surface area contributed by atoms with E-state index >= 15 is 0 Å². The number of benzene rings is 1. The van der Waals surface area contributed by atoms with Crippen molar-refractivity contribution in [1.29, 1.82) is 0 Å². The highest BCUT2D eigenvalue weighted by Gasteiger charge is 2.43. The molecule has 4 heteroatoms. The van der Waals surface area contributed by atoms with Crippen LogP contribution in [0.1, 0.15) is 5.56 Å². The molecule has 0 spiro atoms. The van der Waals surface area contributed by atoms with Gasteiger partial charge < -0.3 is 9.84 Å². The minimum Gasteiger partial charge on any atom is -0.462 e. The fraction of sp³-hybridized carbons (Fsp3) is 0.200. The number of aliphatic hydroxyl groups excluding tert-OH is 1.